The van der Waals surface area contributed by atoms with Crippen LogP contribution in [-0.4, -0.2) is 36.5 Å². The van der Waals surface area contributed by atoms with E-state index in [1.807, 2.05) is 24.3 Å². The molecule has 2 heterocycles. The molecule has 3 rings (SSSR count). The van der Waals surface area contributed by atoms with Gasteiger partial charge in [-0.15, -0.1) is 11.3 Å². The number of nitrogens with zero attached hydrogens (tertiary/aromatic N) is 1. The minimum atomic E-state index is 0.0460. The van der Waals surface area contributed by atoms with Crippen molar-refractivity contribution in [2.24, 2.45) is 0 Å². The molecule has 21 heavy (non-hydrogen) atoms. The van der Waals surface area contributed by atoms with Gasteiger partial charge in [0.2, 0.25) is 0 Å². The standard InChI is InChI=1S/C16H21N3OS/c1-2-19-7-5-13(6-8-19)18-16(20)15-10-11-9-12(17)3-4-14(11)21-15/h3-4,9-10,13H,2,5-8,17H2,1H3,(H,18,20). The lowest BCUT2D eigenvalue weighted by Gasteiger charge is -2.31. The van der Waals surface area contributed by atoms with Crippen molar-refractivity contribution in [3.8, 4) is 0 Å². The number of anilines is 1. The van der Waals surface area contributed by atoms with Gasteiger partial charge in [-0.1, -0.05) is 6.92 Å². The minimum absolute atomic E-state index is 0.0460. The summed E-state index contributed by atoms with van der Waals surface area (Å²) in [5, 5.41) is 4.22. The van der Waals surface area contributed by atoms with Crippen molar-refractivity contribution < 1.29 is 4.79 Å². The average Bonchev–Trinajstić information content (AvgIpc) is 2.91. The summed E-state index contributed by atoms with van der Waals surface area (Å²) < 4.78 is 1.11. The van der Waals surface area contributed by atoms with Crippen LogP contribution in [0.4, 0.5) is 5.69 Å². The van der Waals surface area contributed by atoms with E-state index in [-0.39, 0.29) is 5.91 Å². The Hall–Kier alpha value is -1.59. The number of rotatable bonds is 3. The van der Waals surface area contributed by atoms with Gasteiger partial charge in [0.1, 0.15) is 0 Å². The molecule has 1 aromatic carbocycles. The van der Waals surface area contributed by atoms with Crippen molar-refractivity contribution in [3.05, 3.63) is 29.1 Å². The van der Waals surface area contributed by atoms with Gasteiger partial charge >= 0.3 is 0 Å². The van der Waals surface area contributed by atoms with Crippen molar-refractivity contribution in [1.29, 1.82) is 0 Å². The molecule has 0 radical (unpaired) electrons. The van der Waals surface area contributed by atoms with Gasteiger partial charge in [-0.25, -0.2) is 0 Å². The lowest BCUT2D eigenvalue weighted by molar-refractivity contribution is 0.0917. The summed E-state index contributed by atoms with van der Waals surface area (Å²) in [6, 6.07) is 8.01. The predicted molar refractivity (Wildman–Crippen MR) is 88.8 cm³/mol. The maximum atomic E-state index is 12.4. The van der Waals surface area contributed by atoms with Crippen molar-refractivity contribution in [1.82, 2.24) is 10.2 Å². The molecule has 0 aliphatic carbocycles. The first-order chi connectivity index (χ1) is 10.2. The van der Waals surface area contributed by atoms with Gasteiger partial charge < -0.3 is 16.0 Å². The number of nitrogens with two attached hydrogens (primary N) is 1. The third-order valence-corrected chi connectivity index (χ3v) is 5.25. The fourth-order valence-electron chi connectivity index (χ4n) is 2.82. The number of likely N-dealkylation sites (tertiary alicyclic amines) is 1. The summed E-state index contributed by atoms with van der Waals surface area (Å²) in [6.07, 6.45) is 2.08. The quantitative estimate of drug-likeness (QED) is 0.857. The molecule has 1 aromatic heterocycles. The highest BCUT2D eigenvalue weighted by molar-refractivity contribution is 7.20. The Morgan fingerprint density at radius 1 is 1.38 bits per heavy atom. The van der Waals surface area contributed by atoms with Crippen molar-refractivity contribution in [2.75, 3.05) is 25.4 Å². The molecule has 1 saturated heterocycles. The molecule has 1 amide bonds. The zero-order valence-corrected chi connectivity index (χ0v) is 13.1. The molecule has 0 atom stereocenters. The molecular formula is C16H21N3OS. The number of piperidine rings is 1. The number of thiophene rings is 1. The Morgan fingerprint density at radius 3 is 2.86 bits per heavy atom. The van der Waals surface area contributed by atoms with Gasteiger partial charge in [0, 0.05) is 29.5 Å². The molecule has 4 nitrogen and oxygen atoms in total. The first-order valence-electron chi connectivity index (χ1n) is 7.48. The first-order valence-corrected chi connectivity index (χ1v) is 8.29. The molecule has 0 spiro atoms. The Balaban J connectivity index is 1.67. The number of hydrogen-bond donors (Lipinski definition) is 2. The Kier molecular flexibility index (Phi) is 4.12. The summed E-state index contributed by atoms with van der Waals surface area (Å²) in [4.78, 5) is 15.6. The molecule has 3 N–H and O–H groups in total. The van der Waals surface area contributed by atoms with Crippen molar-refractivity contribution in [2.45, 2.75) is 25.8 Å². The van der Waals surface area contributed by atoms with Crippen molar-refractivity contribution >= 4 is 33.0 Å². The number of nitrogen functional groups attached to an aromatic ring is 1. The van der Waals surface area contributed by atoms with E-state index in [0.717, 1.165) is 53.1 Å². The summed E-state index contributed by atoms with van der Waals surface area (Å²) in [7, 11) is 0. The molecule has 112 valence electrons. The number of fused-ring (bicyclic) bond motifs is 1. The molecule has 0 saturated carbocycles. The Labute approximate surface area is 128 Å². The summed E-state index contributed by atoms with van der Waals surface area (Å²) in [5.41, 5.74) is 6.52. The van der Waals surface area contributed by atoms with E-state index in [1.165, 1.54) is 11.3 Å². The summed E-state index contributed by atoms with van der Waals surface area (Å²) in [5.74, 6) is 0.0460. The fraction of sp³-hybridized carbons (Fsp3) is 0.438. The van der Waals surface area contributed by atoms with Crippen LogP contribution in [0, 0.1) is 0 Å². The second-order valence-corrected chi connectivity index (χ2v) is 6.67. The van der Waals surface area contributed by atoms with Gasteiger partial charge in [-0.2, -0.15) is 0 Å². The van der Waals surface area contributed by atoms with E-state index in [0.29, 0.717) is 6.04 Å². The topological polar surface area (TPSA) is 58.4 Å². The molecule has 1 aliphatic rings. The lowest BCUT2D eigenvalue weighted by Crippen LogP contribution is -2.44. The SMILES string of the molecule is CCN1CCC(NC(=O)c2cc3cc(N)ccc3s2)CC1. The van der Waals surface area contributed by atoms with E-state index >= 15 is 0 Å². The number of benzene rings is 1. The van der Waals surface area contributed by atoms with Crippen LogP contribution < -0.4 is 11.1 Å². The van der Waals surface area contributed by atoms with Crippen LogP contribution in [-0.2, 0) is 0 Å². The highest BCUT2D eigenvalue weighted by atomic mass is 32.1. The maximum absolute atomic E-state index is 12.4. The van der Waals surface area contributed by atoms with Crippen molar-refractivity contribution in [3.63, 3.8) is 0 Å². The molecule has 1 aliphatic heterocycles. The highest BCUT2D eigenvalue weighted by Crippen LogP contribution is 2.27. The van der Waals surface area contributed by atoms with Gasteiger partial charge in [0.25, 0.3) is 5.91 Å². The second-order valence-electron chi connectivity index (χ2n) is 5.59. The number of nitrogens with one attached hydrogen (secondary N) is 1. The summed E-state index contributed by atoms with van der Waals surface area (Å²) >= 11 is 1.53. The molecule has 0 bridgehead atoms. The average molecular weight is 303 g/mol. The number of hydrogen-bond acceptors (Lipinski definition) is 4. The van der Waals surface area contributed by atoms with Gasteiger partial charge in [-0.05, 0) is 49.0 Å². The predicted octanol–water partition coefficient (Wildman–Crippen LogP) is 2.70. The Bertz CT molecular complexity index is 644. The van der Waals surface area contributed by atoms with Gasteiger partial charge in [-0.3, -0.25) is 4.79 Å². The second kappa shape index (κ2) is 6.03. The maximum Gasteiger partial charge on any atom is 0.261 e. The zero-order valence-electron chi connectivity index (χ0n) is 12.3. The largest absolute Gasteiger partial charge is 0.399 e. The normalized spacial score (nSPS) is 17.2. The van der Waals surface area contributed by atoms with E-state index in [4.69, 9.17) is 5.73 Å². The monoisotopic (exact) mass is 303 g/mol. The third-order valence-electron chi connectivity index (χ3n) is 4.13. The van der Waals surface area contributed by atoms with Crippen LogP contribution in [0.2, 0.25) is 0 Å². The molecule has 0 unspecified atom stereocenters. The number of amides is 1. The van der Waals surface area contributed by atoms with Gasteiger partial charge in [0.15, 0.2) is 0 Å². The van der Waals surface area contributed by atoms with Crippen LogP contribution in [0.25, 0.3) is 10.1 Å². The Morgan fingerprint density at radius 2 is 2.14 bits per heavy atom. The fourth-order valence-corrected chi connectivity index (χ4v) is 3.77. The van der Waals surface area contributed by atoms with E-state index < -0.39 is 0 Å². The van der Waals surface area contributed by atoms with Crippen LogP contribution in [0.3, 0.4) is 0 Å². The van der Waals surface area contributed by atoms with Crippen LogP contribution in [0.15, 0.2) is 24.3 Å². The number of carbonyl (C=O) groups is 1. The highest BCUT2D eigenvalue weighted by Gasteiger charge is 2.21. The third kappa shape index (κ3) is 3.19. The van der Waals surface area contributed by atoms with Gasteiger partial charge in [0.05, 0.1) is 4.88 Å². The zero-order chi connectivity index (χ0) is 14.8. The lowest BCUT2D eigenvalue weighted by atomic mass is 10.1. The van der Waals surface area contributed by atoms with Crippen LogP contribution in [0.5, 0.6) is 0 Å². The van der Waals surface area contributed by atoms with Crippen LogP contribution >= 0.6 is 11.3 Å². The minimum Gasteiger partial charge on any atom is -0.399 e. The van der Waals surface area contributed by atoms with E-state index in [9.17, 15) is 4.79 Å². The first kappa shape index (κ1) is 14.4. The molecule has 2 aromatic rings. The van der Waals surface area contributed by atoms with Crippen LogP contribution in [0.1, 0.15) is 29.4 Å². The smallest absolute Gasteiger partial charge is 0.261 e. The van der Waals surface area contributed by atoms with E-state index in [2.05, 4.69) is 17.1 Å². The molecule has 5 heteroatoms. The van der Waals surface area contributed by atoms with E-state index in [1.54, 1.807) is 0 Å². The molecule has 1 fully saturated rings. The molecular weight excluding hydrogens is 282 g/mol. The summed E-state index contributed by atoms with van der Waals surface area (Å²) in [6.45, 7) is 5.43. The number of carbonyl (C=O) groups excluding carboxylic acids is 1.